The number of nitro groups is 1. The maximum Gasteiger partial charge on any atom is 0.306 e. The maximum atomic E-state index is 13.1. The lowest BCUT2D eigenvalue weighted by molar-refractivity contribution is -0.387. The van der Waals surface area contributed by atoms with E-state index in [9.17, 15) is 19.3 Å². The molecule has 0 saturated heterocycles. The number of halogens is 1. The molecule has 110 valence electrons. The van der Waals surface area contributed by atoms with Crippen molar-refractivity contribution in [2.75, 3.05) is 11.9 Å². The van der Waals surface area contributed by atoms with Crippen molar-refractivity contribution < 1.29 is 14.1 Å². The number of hydrogen-bond acceptors (Lipinski definition) is 4. The quantitative estimate of drug-likeness (QED) is 0.594. The first-order valence-electron chi connectivity index (χ1n) is 6.45. The number of carbonyl (C=O) groups excluding carboxylic acids is 1. The average Bonchev–Trinajstić information content (AvgIpc) is 2.43. The summed E-state index contributed by atoms with van der Waals surface area (Å²) in [5.41, 5.74) is -0.284. The van der Waals surface area contributed by atoms with Gasteiger partial charge in [0, 0.05) is 17.8 Å². The largest absolute Gasteiger partial charge is 0.376 e. The molecule has 1 aromatic rings. The summed E-state index contributed by atoms with van der Waals surface area (Å²) in [6, 6.07) is 3.54. The van der Waals surface area contributed by atoms with Gasteiger partial charge in [0.1, 0.15) is 0 Å². The van der Waals surface area contributed by atoms with E-state index in [1.165, 1.54) is 6.07 Å². The Morgan fingerprint density at radius 2 is 2.05 bits per heavy atom. The first-order valence-corrected chi connectivity index (χ1v) is 6.45. The summed E-state index contributed by atoms with van der Waals surface area (Å²) >= 11 is 0. The third kappa shape index (κ3) is 4.49. The van der Waals surface area contributed by atoms with E-state index < -0.39 is 16.4 Å². The highest BCUT2D eigenvalue weighted by Gasteiger charge is 2.15. The molecule has 0 fully saturated rings. The van der Waals surface area contributed by atoms with Crippen molar-refractivity contribution in [2.45, 2.75) is 32.7 Å². The minimum atomic E-state index is -0.901. The van der Waals surface area contributed by atoms with Crippen LogP contribution in [0.15, 0.2) is 18.2 Å². The van der Waals surface area contributed by atoms with Crippen LogP contribution >= 0.6 is 0 Å². The van der Waals surface area contributed by atoms with E-state index >= 15 is 0 Å². The van der Waals surface area contributed by atoms with Gasteiger partial charge >= 0.3 is 5.69 Å². The van der Waals surface area contributed by atoms with Crippen LogP contribution in [0.5, 0.6) is 0 Å². The van der Waals surface area contributed by atoms with Crippen LogP contribution in [-0.4, -0.2) is 23.4 Å². The van der Waals surface area contributed by atoms with Crippen molar-refractivity contribution >= 4 is 17.3 Å². The average molecular weight is 283 g/mol. The molecule has 0 bridgehead atoms. The van der Waals surface area contributed by atoms with Gasteiger partial charge in [0.15, 0.2) is 0 Å². The number of hydrogen-bond donors (Lipinski definition) is 2. The third-order valence-corrected chi connectivity index (χ3v) is 2.95. The molecule has 0 heterocycles. The summed E-state index contributed by atoms with van der Waals surface area (Å²) in [5.74, 6) is -1.10. The van der Waals surface area contributed by atoms with Gasteiger partial charge in [-0.1, -0.05) is 13.8 Å². The highest BCUT2D eigenvalue weighted by atomic mass is 19.1. The molecule has 0 unspecified atom stereocenters. The van der Waals surface area contributed by atoms with Gasteiger partial charge in [0.25, 0.3) is 0 Å². The standard InChI is InChI=1S/C13H18FN3O3/c1-3-9(4-2)16-13(18)8-15-10-5-6-11(14)12(7-10)17(19)20/h5-7,9,15H,3-4,8H2,1-2H3,(H,16,18). The number of nitrogens with zero attached hydrogens (tertiary/aromatic N) is 1. The molecule has 20 heavy (non-hydrogen) atoms. The Morgan fingerprint density at radius 3 is 2.60 bits per heavy atom. The first kappa shape index (κ1) is 15.9. The minimum absolute atomic E-state index is 0.0146. The molecule has 1 rings (SSSR count). The molecule has 0 aromatic heterocycles. The molecule has 0 radical (unpaired) electrons. The normalized spacial score (nSPS) is 10.4. The lowest BCUT2D eigenvalue weighted by Crippen LogP contribution is -2.37. The van der Waals surface area contributed by atoms with Gasteiger partial charge in [-0.25, -0.2) is 0 Å². The van der Waals surface area contributed by atoms with Gasteiger partial charge in [-0.05, 0) is 25.0 Å². The predicted octanol–water partition coefficient (Wildman–Crippen LogP) is 2.45. The third-order valence-electron chi connectivity index (χ3n) is 2.95. The van der Waals surface area contributed by atoms with Gasteiger partial charge < -0.3 is 10.6 Å². The van der Waals surface area contributed by atoms with Crippen molar-refractivity contribution in [3.63, 3.8) is 0 Å². The van der Waals surface area contributed by atoms with Crippen LogP contribution in [0.4, 0.5) is 15.8 Å². The smallest absolute Gasteiger partial charge is 0.306 e. The van der Waals surface area contributed by atoms with Crippen molar-refractivity contribution in [1.82, 2.24) is 5.32 Å². The Bertz CT molecular complexity index is 490. The summed E-state index contributed by atoms with van der Waals surface area (Å²) in [7, 11) is 0. The molecule has 2 N–H and O–H groups in total. The Labute approximate surface area is 116 Å². The van der Waals surface area contributed by atoms with E-state index in [1.807, 2.05) is 13.8 Å². The number of nitrogens with one attached hydrogen (secondary N) is 2. The number of nitro benzene ring substituents is 1. The van der Waals surface area contributed by atoms with Gasteiger partial charge in [0.2, 0.25) is 11.7 Å². The maximum absolute atomic E-state index is 13.1. The highest BCUT2D eigenvalue weighted by Crippen LogP contribution is 2.21. The summed E-state index contributed by atoms with van der Waals surface area (Å²) in [5, 5.41) is 16.2. The van der Waals surface area contributed by atoms with E-state index in [4.69, 9.17) is 0 Å². The van der Waals surface area contributed by atoms with E-state index in [0.717, 1.165) is 25.0 Å². The molecule has 0 spiro atoms. The fourth-order valence-electron chi connectivity index (χ4n) is 1.72. The first-order chi connectivity index (χ1) is 9.47. The summed E-state index contributed by atoms with van der Waals surface area (Å²) in [6.07, 6.45) is 1.68. The Kier molecular flexibility index (Phi) is 5.89. The van der Waals surface area contributed by atoms with Crippen LogP contribution in [0.1, 0.15) is 26.7 Å². The van der Waals surface area contributed by atoms with E-state index in [-0.39, 0.29) is 18.5 Å². The number of amides is 1. The summed E-state index contributed by atoms with van der Waals surface area (Å²) < 4.78 is 13.1. The lowest BCUT2D eigenvalue weighted by Gasteiger charge is -2.15. The molecule has 6 nitrogen and oxygen atoms in total. The lowest BCUT2D eigenvalue weighted by atomic mass is 10.2. The molecule has 7 heteroatoms. The molecule has 1 aromatic carbocycles. The van der Waals surface area contributed by atoms with Gasteiger partial charge in [-0.3, -0.25) is 14.9 Å². The van der Waals surface area contributed by atoms with E-state index in [1.54, 1.807) is 0 Å². The van der Waals surface area contributed by atoms with Crippen LogP contribution in [0, 0.1) is 15.9 Å². The van der Waals surface area contributed by atoms with Crippen LogP contribution in [-0.2, 0) is 4.79 Å². The molecule has 0 aliphatic heterocycles. The fraction of sp³-hybridized carbons (Fsp3) is 0.462. The second kappa shape index (κ2) is 7.42. The minimum Gasteiger partial charge on any atom is -0.376 e. The van der Waals surface area contributed by atoms with Gasteiger partial charge in [-0.15, -0.1) is 0 Å². The molecular formula is C13H18FN3O3. The zero-order valence-corrected chi connectivity index (χ0v) is 11.5. The van der Waals surface area contributed by atoms with E-state index in [0.29, 0.717) is 5.69 Å². The zero-order valence-electron chi connectivity index (χ0n) is 11.5. The number of rotatable bonds is 7. The monoisotopic (exact) mass is 283 g/mol. The Balaban J connectivity index is 2.60. The van der Waals surface area contributed by atoms with Crippen molar-refractivity contribution in [3.8, 4) is 0 Å². The van der Waals surface area contributed by atoms with Crippen LogP contribution in [0.3, 0.4) is 0 Å². The SMILES string of the molecule is CCC(CC)NC(=O)CNc1ccc(F)c([N+](=O)[O-])c1. The van der Waals surface area contributed by atoms with Crippen molar-refractivity contribution in [3.05, 3.63) is 34.1 Å². The van der Waals surface area contributed by atoms with Crippen LogP contribution in [0.25, 0.3) is 0 Å². The Hall–Kier alpha value is -2.18. The topological polar surface area (TPSA) is 84.3 Å². The molecule has 0 aliphatic rings. The zero-order chi connectivity index (χ0) is 15.1. The molecule has 0 atom stereocenters. The van der Waals surface area contributed by atoms with Crippen molar-refractivity contribution in [1.29, 1.82) is 0 Å². The Morgan fingerprint density at radius 1 is 1.40 bits per heavy atom. The highest BCUT2D eigenvalue weighted by molar-refractivity contribution is 5.81. The summed E-state index contributed by atoms with van der Waals surface area (Å²) in [6.45, 7) is 3.94. The second-order valence-corrected chi connectivity index (χ2v) is 4.36. The number of benzene rings is 1. The molecule has 1 amide bonds. The number of anilines is 1. The van der Waals surface area contributed by atoms with Crippen LogP contribution < -0.4 is 10.6 Å². The fourth-order valence-corrected chi connectivity index (χ4v) is 1.72. The second-order valence-electron chi connectivity index (χ2n) is 4.36. The molecule has 0 saturated carbocycles. The predicted molar refractivity (Wildman–Crippen MR) is 74.1 cm³/mol. The number of carbonyl (C=O) groups is 1. The van der Waals surface area contributed by atoms with E-state index in [2.05, 4.69) is 10.6 Å². The molecular weight excluding hydrogens is 265 g/mol. The molecule has 0 aliphatic carbocycles. The van der Waals surface area contributed by atoms with Crippen molar-refractivity contribution in [2.24, 2.45) is 0 Å². The van der Waals surface area contributed by atoms with Gasteiger partial charge in [-0.2, -0.15) is 4.39 Å². The van der Waals surface area contributed by atoms with Gasteiger partial charge in [0.05, 0.1) is 11.5 Å². The summed E-state index contributed by atoms with van der Waals surface area (Å²) in [4.78, 5) is 21.4. The van der Waals surface area contributed by atoms with Crippen LogP contribution in [0.2, 0.25) is 0 Å².